The Kier molecular flexibility index (Phi) is 3.32. The second-order valence-electron chi connectivity index (χ2n) is 2.65. The number of nitrogens with zero attached hydrogens (tertiary/aromatic N) is 1. The second-order valence-corrected chi connectivity index (χ2v) is 2.65. The molecule has 78 valence electrons. The van der Waals surface area contributed by atoms with E-state index in [1.54, 1.807) is 0 Å². The van der Waals surface area contributed by atoms with Crippen molar-refractivity contribution < 1.29 is 19.0 Å². The Balaban J connectivity index is 3.33. The summed E-state index contributed by atoms with van der Waals surface area (Å²) in [5.41, 5.74) is 4.76. The summed E-state index contributed by atoms with van der Waals surface area (Å²) >= 11 is 0. The lowest BCUT2D eigenvalue weighted by Crippen LogP contribution is -2.08. The molecular weight excluding hydrogens is 194 g/mol. The molecule has 0 aromatic carbocycles. The highest BCUT2D eigenvalue weighted by molar-refractivity contribution is 5.40. The monoisotopic (exact) mass is 204 g/mol. The Labute approximate surface area is 79.0 Å². The van der Waals surface area contributed by atoms with E-state index in [0.29, 0.717) is 0 Å². The smallest absolute Gasteiger partial charge is 0.280 e. The molecule has 1 rings (SSSR count). The van der Waals surface area contributed by atoms with Gasteiger partial charge in [-0.1, -0.05) is 0 Å². The van der Waals surface area contributed by atoms with Gasteiger partial charge in [0.05, 0.1) is 12.8 Å². The van der Waals surface area contributed by atoms with Crippen LogP contribution in [0.1, 0.15) is 23.2 Å². The molecule has 0 saturated heterocycles. The molecule has 0 aliphatic heterocycles. The number of hydrogen-bond donors (Lipinski definition) is 3. The third kappa shape index (κ3) is 1.80. The molecule has 0 radical (unpaired) electrons. The number of aliphatic hydroxyl groups excluding tert-OH is 1. The summed E-state index contributed by atoms with van der Waals surface area (Å²) in [5.74, 6) is -0.322. The van der Waals surface area contributed by atoms with Crippen molar-refractivity contribution in [2.45, 2.75) is 19.6 Å². The molecule has 0 bridgehead atoms. The van der Waals surface area contributed by atoms with Gasteiger partial charge >= 0.3 is 0 Å². The molecule has 6 heteroatoms. The SMILES string of the molecule is NCc1c(C(F)F)ncc(O)c1CO. The maximum absolute atomic E-state index is 12.4. The van der Waals surface area contributed by atoms with Crippen LogP contribution in [-0.4, -0.2) is 15.2 Å². The fraction of sp³-hybridized carbons (Fsp3) is 0.375. The van der Waals surface area contributed by atoms with Gasteiger partial charge in [-0.15, -0.1) is 0 Å². The van der Waals surface area contributed by atoms with Crippen LogP contribution in [0.2, 0.25) is 0 Å². The van der Waals surface area contributed by atoms with E-state index in [-0.39, 0.29) is 23.4 Å². The Hall–Kier alpha value is -1.27. The first-order valence-corrected chi connectivity index (χ1v) is 3.90. The molecule has 1 heterocycles. The van der Waals surface area contributed by atoms with Gasteiger partial charge in [0, 0.05) is 17.7 Å². The van der Waals surface area contributed by atoms with Crippen molar-refractivity contribution in [2.75, 3.05) is 0 Å². The van der Waals surface area contributed by atoms with Gasteiger partial charge in [0.15, 0.2) is 0 Å². The first-order chi connectivity index (χ1) is 6.61. The molecule has 0 saturated carbocycles. The predicted octanol–water partition coefficient (Wildman–Crippen LogP) is 0.676. The summed E-state index contributed by atoms with van der Waals surface area (Å²) in [7, 11) is 0. The number of pyridine rings is 1. The molecule has 0 aliphatic rings. The second kappa shape index (κ2) is 4.30. The Bertz CT molecular complexity index is 331. The molecule has 1 aromatic rings. The molecule has 4 nitrogen and oxygen atoms in total. The molecule has 0 aliphatic carbocycles. The van der Waals surface area contributed by atoms with Crippen LogP contribution >= 0.6 is 0 Å². The first kappa shape index (κ1) is 10.8. The van der Waals surface area contributed by atoms with Gasteiger partial charge in [-0.25, -0.2) is 8.78 Å². The number of aromatic nitrogens is 1. The molecule has 0 unspecified atom stereocenters. The van der Waals surface area contributed by atoms with E-state index >= 15 is 0 Å². The van der Waals surface area contributed by atoms with Crippen LogP contribution in [-0.2, 0) is 13.2 Å². The Morgan fingerprint density at radius 3 is 2.50 bits per heavy atom. The van der Waals surface area contributed by atoms with Crippen molar-refractivity contribution in [1.82, 2.24) is 4.98 Å². The molecule has 4 N–H and O–H groups in total. The number of aromatic hydroxyl groups is 1. The maximum atomic E-state index is 12.4. The number of alkyl halides is 2. The molecule has 0 amide bonds. The number of hydrogen-bond acceptors (Lipinski definition) is 4. The molecule has 0 fully saturated rings. The first-order valence-electron chi connectivity index (χ1n) is 3.90. The quantitative estimate of drug-likeness (QED) is 0.676. The van der Waals surface area contributed by atoms with Gasteiger partial charge < -0.3 is 15.9 Å². The standard InChI is InChI=1S/C8H10F2N2O2/c9-8(10)7-4(1-11)5(3-13)6(14)2-12-7/h2,8,13-14H,1,3,11H2. The van der Waals surface area contributed by atoms with Crippen LogP contribution in [0.25, 0.3) is 0 Å². The topological polar surface area (TPSA) is 79.4 Å². The molecular formula is C8H10F2N2O2. The number of aliphatic hydroxyl groups is 1. The van der Waals surface area contributed by atoms with Gasteiger partial charge in [-0.2, -0.15) is 0 Å². The summed E-state index contributed by atoms with van der Waals surface area (Å²) in [4.78, 5) is 3.37. The van der Waals surface area contributed by atoms with Gasteiger partial charge in [-0.05, 0) is 0 Å². The van der Waals surface area contributed by atoms with E-state index in [4.69, 9.17) is 10.8 Å². The van der Waals surface area contributed by atoms with E-state index in [9.17, 15) is 13.9 Å². The van der Waals surface area contributed by atoms with E-state index in [1.165, 1.54) is 0 Å². The minimum absolute atomic E-state index is 0.00231. The summed E-state index contributed by atoms with van der Waals surface area (Å²) < 4.78 is 24.8. The molecule has 0 atom stereocenters. The third-order valence-electron chi connectivity index (χ3n) is 1.88. The van der Waals surface area contributed by atoms with Crippen molar-refractivity contribution in [3.05, 3.63) is 23.0 Å². The molecule has 14 heavy (non-hydrogen) atoms. The van der Waals surface area contributed by atoms with Gasteiger partial charge in [0.2, 0.25) is 0 Å². The maximum Gasteiger partial charge on any atom is 0.280 e. The zero-order valence-electron chi connectivity index (χ0n) is 7.24. The lowest BCUT2D eigenvalue weighted by Gasteiger charge is -2.11. The normalized spacial score (nSPS) is 10.9. The van der Waals surface area contributed by atoms with Crippen molar-refractivity contribution in [2.24, 2.45) is 5.73 Å². The van der Waals surface area contributed by atoms with Crippen molar-refractivity contribution in [3.63, 3.8) is 0 Å². The lowest BCUT2D eigenvalue weighted by molar-refractivity contribution is 0.144. The number of rotatable bonds is 3. The van der Waals surface area contributed by atoms with Crippen molar-refractivity contribution in [3.8, 4) is 5.75 Å². The van der Waals surface area contributed by atoms with Gasteiger partial charge in [-0.3, -0.25) is 4.98 Å². The number of halogens is 2. The van der Waals surface area contributed by atoms with E-state index in [1.807, 2.05) is 0 Å². The minimum Gasteiger partial charge on any atom is -0.506 e. The van der Waals surface area contributed by atoms with Crippen molar-refractivity contribution in [1.29, 1.82) is 0 Å². The summed E-state index contributed by atoms with van der Waals surface area (Å²) in [6, 6.07) is 0. The largest absolute Gasteiger partial charge is 0.506 e. The van der Waals surface area contributed by atoms with E-state index < -0.39 is 18.7 Å². The average Bonchev–Trinajstić information content (AvgIpc) is 2.16. The van der Waals surface area contributed by atoms with Crippen LogP contribution < -0.4 is 5.73 Å². The lowest BCUT2D eigenvalue weighted by atomic mass is 10.1. The van der Waals surface area contributed by atoms with Crippen LogP contribution in [0.5, 0.6) is 5.75 Å². The summed E-state index contributed by atoms with van der Waals surface area (Å²) in [6.45, 7) is -0.739. The van der Waals surface area contributed by atoms with Crippen molar-refractivity contribution >= 4 is 0 Å². The highest BCUT2D eigenvalue weighted by Gasteiger charge is 2.19. The Morgan fingerprint density at radius 2 is 2.07 bits per heavy atom. The zero-order chi connectivity index (χ0) is 10.7. The van der Waals surface area contributed by atoms with E-state index in [0.717, 1.165) is 6.20 Å². The summed E-state index contributed by atoms with van der Waals surface area (Å²) in [6.07, 6.45) is -1.88. The average molecular weight is 204 g/mol. The number of nitrogens with two attached hydrogens (primary N) is 1. The van der Waals surface area contributed by atoms with Crippen LogP contribution in [0.4, 0.5) is 8.78 Å². The third-order valence-corrected chi connectivity index (χ3v) is 1.88. The highest BCUT2D eigenvalue weighted by Crippen LogP contribution is 2.28. The molecule has 1 aromatic heterocycles. The Morgan fingerprint density at radius 1 is 1.43 bits per heavy atom. The van der Waals surface area contributed by atoms with Crippen LogP contribution in [0, 0.1) is 0 Å². The van der Waals surface area contributed by atoms with Crippen LogP contribution in [0.15, 0.2) is 6.20 Å². The highest BCUT2D eigenvalue weighted by atomic mass is 19.3. The van der Waals surface area contributed by atoms with Crippen LogP contribution in [0.3, 0.4) is 0 Å². The summed E-state index contributed by atoms with van der Waals surface area (Å²) in [5, 5.41) is 18.1. The fourth-order valence-corrected chi connectivity index (χ4v) is 1.19. The van der Waals surface area contributed by atoms with Gasteiger partial charge in [0.1, 0.15) is 11.4 Å². The predicted molar refractivity (Wildman–Crippen MR) is 44.7 cm³/mol. The zero-order valence-corrected chi connectivity index (χ0v) is 7.24. The molecule has 0 spiro atoms. The fourth-order valence-electron chi connectivity index (χ4n) is 1.19. The van der Waals surface area contributed by atoms with Gasteiger partial charge in [0.25, 0.3) is 6.43 Å². The van der Waals surface area contributed by atoms with E-state index in [2.05, 4.69) is 4.98 Å². The minimum atomic E-state index is -2.76.